The smallest absolute Gasteiger partial charge is 0.237 e. The van der Waals surface area contributed by atoms with E-state index < -0.39 is 5.25 Å². The number of carbonyl (C=O) groups excluding carboxylic acids is 1. The Bertz CT molecular complexity index is 992. The van der Waals surface area contributed by atoms with Gasteiger partial charge in [-0.3, -0.25) is 4.79 Å². The van der Waals surface area contributed by atoms with E-state index in [1.54, 1.807) is 32.2 Å². The van der Waals surface area contributed by atoms with Crippen molar-refractivity contribution in [2.24, 2.45) is 7.05 Å². The van der Waals surface area contributed by atoms with Crippen LogP contribution in [0.2, 0.25) is 10.0 Å². The lowest BCUT2D eigenvalue weighted by atomic mass is 10.2. The number of nitrogens with one attached hydrogen (secondary N) is 1. The summed E-state index contributed by atoms with van der Waals surface area (Å²) in [6.45, 7) is 1.80. The van der Waals surface area contributed by atoms with Gasteiger partial charge in [0.1, 0.15) is 5.75 Å². The fourth-order valence-corrected chi connectivity index (χ4v) is 3.72. The van der Waals surface area contributed by atoms with E-state index in [4.69, 9.17) is 27.9 Å². The number of thioether (sulfide) groups is 1. The monoisotopic (exact) mass is 436 g/mol. The Morgan fingerprint density at radius 3 is 2.54 bits per heavy atom. The van der Waals surface area contributed by atoms with Crippen LogP contribution in [0, 0.1) is 0 Å². The minimum Gasteiger partial charge on any atom is -0.497 e. The van der Waals surface area contributed by atoms with E-state index in [2.05, 4.69) is 15.5 Å². The van der Waals surface area contributed by atoms with Crippen molar-refractivity contribution in [1.82, 2.24) is 14.8 Å². The van der Waals surface area contributed by atoms with Gasteiger partial charge < -0.3 is 14.6 Å². The molecule has 0 spiro atoms. The van der Waals surface area contributed by atoms with Gasteiger partial charge in [0.25, 0.3) is 0 Å². The molecule has 3 rings (SSSR count). The highest BCUT2D eigenvalue weighted by atomic mass is 35.5. The summed E-state index contributed by atoms with van der Waals surface area (Å²) in [5, 5.41) is 12.4. The number of carbonyl (C=O) groups is 1. The third-order valence-electron chi connectivity index (χ3n) is 4.02. The van der Waals surface area contributed by atoms with Crippen LogP contribution < -0.4 is 10.1 Å². The van der Waals surface area contributed by atoms with Crippen LogP contribution in [0.4, 0.5) is 5.69 Å². The minimum absolute atomic E-state index is 0.191. The van der Waals surface area contributed by atoms with Gasteiger partial charge >= 0.3 is 0 Å². The Balaban J connectivity index is 1.70. The summed E-state index contributed by atoms with van der Waals surface area (Å²) in [7, 11) is 3.48. The van der Waals surface area contributed by atoms with Crippen molar-refractivity contribution in [2.45, 2.75) is 17.3 Å². The second-order valence-electron chi connectivity index (χ2n) is 5.97. The number of anilines is 1. The van der Waals surface area contributed by atoms with Crippen molar-refractivity contribution >= 4 is 46.6 Å². The Kier molecular flexibility index (Phi) is 6.49. The van der Waals surface area contributed by atoms with Crippen LogP contribution in [0.15, 0.2) is 47.6 Å². The summed E-state index contributed by atoms with van der Waals surface area (Å²) in [5.41, 5.74) is 1.42. The maximum Gasteiger partial charge on any atom is 0.237 e. The standard InChI is InChI=1S/C19H18Cl2N4O2S/c1-11(18(26)22-16-9-6-13(20)10-15(16)21)28-19-24-23-17(25(19)2)12-4-7-14(27-3)8-5-12/h4-11H,1-3H3,(H,22,26). The molecule has 28 heavy (non-hydrogen) atoms. The molecular formula is C19H18Cl2N4O2S. The first-order chi connectivity index (χ1) is 13.4. The highest BCUT2D eigenvalue weighted by Gasteiger charge is 2.20. The lowest BCUT2D eigenvalue weighted by Crippen LogP contribution is -2.23. The topological polar surface area (TPSA) is 69.0 Å². The van der Waals surface area contributed by atoms with Crippen LogP contribution in [0.25, 0.3) is 11.4 Å². The summed E-state index contributed by atoms with van der Waals surface area (Å²) in [4.78, 5) is 12.5. The molecule has 0 aliphatic rings. The molecule has 0 aliphatic carbocycles. The van der Waals surface area contributed by atoms with Gasteiger partial charge in [0.05, 0.1) is 23.1 Å². The molecule has 0 saturated carbocycles. The molecule has 6 nitrogen and oxygen atoms in total. The van der Waals surface area contributed by atoms with Crippen molar-refractivity contribution in [3.63, 3.8) is 0 Å². The molecule has 0 bridgehead atoms. The zero-order valence-electron chi connectivity index (χ0n) is 15.4. The number of halogens is 2. The highest BCUT2D eigenvalue weighted by Crippen LogP contribution is 2.29. The lowest BCUT2D eigenvalue weighted by Gasteiger charge is -2.13. The van der Waals surface area contributed by atoms with Crippen LogP contribution in [-0.2, 0) is 11.8 Å². The van der Waals surface area contributed by atoms with Crippen LogP contribution in [0.3, 0.4) is 0 Å². The van der Waals surface area contributed by atoms with E-state index in [0.29, 0.717) is 26.7 Å². The van der Waals surface area contributed by atoms with Crippen molar-refractivity contribution < 1.29 is 9.53 Å². The zero-order chi connectivity index (χ0) is 20.3. The average molecular weight is 437 g/mol. The van der Waals surface area contributed by atoms with Gasteiger partial charge in [0.2, 0.25) is 5.91 Å². The number of nitrogens with zero attached hydrogens (tertiary/aromatic N) is 3. The SMILES string of the molecule is COc1ccc(-c2nnc(SC(C)C(=O)Nc3ccc(Cl)cc3Cl)n2C)cc1. The summed E-state index contributed by atoms with van der Waals surface area (Å²) in [6, 6.07) is 12.5. The summed E-state index contributed by atoms with van der Waals surface area (Å²) < 4.78 is 7.03. The third-order valence-corrected chi connectivity index (χ3v) is 5.71. The Labute approximate surface area is 177 Å². The van der Waals surface area contributed by atoms with E-state index in [1.807, 2.05) is 35.9 Å². The molecule has 2 aromatic carbocycles. The first-order valence-corrected chi connectivity index (χ1v) is 9.99. The van der Waals surface area contributed by atoms with Crippen molar-refractivity contribution in [2.75, 3.05) is 12.4 Å². The molecule has 1 unspecified atom stereocenters. The van der Waals surface area contributed by atoms with E-state index in [9.17, 15) is 4.79 Å². The summed E-state index contributed by atoms with van der Waals surface area (Å²) >= 11 is 13.3. The summed E-state index contributed by atoms with van der Waals surface area (Å²) in [6.07, 6.45) is 0. The first kappa shape index (κ1) is 20.5. The minimum atomic E-state index is -0.404. The van der Waals surface area contributed by atoms with E-state index in [-0.39, 0.29) is 5.91 Å². The maximum absolute atomic E-state index is 12.5. The second-order valence-corrected chi connectivity index (χ2v) is 8.12. The van der Waals surface area contributed by atoms with E-state index in [0.717, 1.165) is 11.3 Å². The number of hydrogen-bond donors (Lipinski definition) is 1. The molecule has 1 aromatic heterocycles. The molecule has 1 atom stereocenters. The number of benzene rings is 2. The van der Waals surface area contributed by atoms with E-state index >= 15 is 0 Å². The van der Waals surface area contributed by atoms with Crippen molar-refractivity contribution in [3.8, 4) is 17.1 Å². The molecule has 0 fully saturated rings. The number of amides is 1. The number of methoxy groups -OCH3 is 1. The third kappa shape index (κ3) is 4.60. The largest absolute Gasteiger partial charge is 0.497 e. The Morgan fingerprint density at radius 1 is 1.18 bits per heavy atom. The molecule has 1 amide bonds. The average Bonchev–Trinajstić information content (AvgIpc) is 3.04. The molecule has 146 valence electrons. The molecule has 9 heteroatoms. The van der Waals surface area contributed by atoms with Crippen molar-refractivity contribution in [3.05, 3.63) is 52.5 Å². The molecule has 0 aliphatic heterocycles. The van der Waals surface area contributed by atoms with Gasteiger partial charge in [-0.25, -0.2) is 0 Å². The lowest BCUT2D eigenvalue weighted by molar-refractivity contribution is -0.115. The molecular weight excluding hydrogens is 419 g/mol. The Morgan fingerprint density at radius 2 is 1.89 bits per heavy atom. The van der Waals surface area contributed by atoms with Gasteiger partial charge in [0.15, 0.2) is 11.0 Å². The van der Waals surface area contributed by atoms with Gasteiger partial charge in [-0.1, -0.05) is 35.0 Å². The highest BCUT2D eigenvalue weighted by molar-refractivity contribution is 8.00. The predicted molar refractivity (Wildman–Crippen MR) is 113 cm³/mol. The van der Waals surface area contributed by atoms with Crippen LogP contribution in [0.5, 0.6) is 5.75 Å². The quantitative estimate of drug-likeness (QED) is 0.555. The van der Waals surface area contributed by atoms with E-state index in [1.165, 1.54) is 11.8 Å². The predicted octanol–water partition coefficient (Wildman–Crippen LogP) is 4.92. The maximum atomic E-state index is 12.5. The second kappa shape index (κ2) is 8.86. The van der Waals surface area contributed by atoms with Crippen molar-refractivity contribution in [1.29, 1.82) is 0 Å². The van der Waals surface area contributed by atoms with Gasteiger partial charge in [-0.15, -0.1) is 10.2 Å². The fourth-order valence-electron chi connectivity index (χ4n) is 2.45. The van der Waals surface area contributed by atoms with Crippen LogP contribution >= 0.6 is 35.0 Å². The molecule has 3 aromatic rings. The van der Waals surface area contributed by atoms with Gasteiger partial charge in [-0.2, -0.15) is 0 Å². The zero-order valence-corrected chi connectivity index (χ0v) is 17.8. The molecule has 0 radical (unpaired) electrons. The molecule has 0 saturated heterocycles. The normalized spacial score (nSPS) is 11.9. The molecule has 1 heterocycles. The van der Waals surface area contributed by atoms with Crippen LogP contribution in [0.1, 0.15) is 6.92 Å². The number of rotatable bonds is 6. The number of hydrogen-bond acceptors (Lipinski definition) is 5. The van der Waals surface area contributed by atoms with Gasteiger partial charge in [0, 0.05) is 17.6 Å². The van der Waals surface area contributed by atoms with Gasteiger partial charge in [-0.05, 0) is 49.4 Å². The number of aromatic nitrogens is 3. The summed E-state index contributed by atoms with van der Waals surface area (Å²) in [5.74, 6) is 1.29. The van der Waals surface area contributed by atoms with Crippen LogP contribution in [-0.4, -0.2) is 33.0 Å². The molecule has 1 N–H and O–H groups in total. The number of ether oxygens (including phenoxy) is 1. The fraction of sp³-hybridized carbons (Fsp3) is 0.211. The first-order valence-electron chi connectivity index (χ1n) is 8.35. The Hall–Kier alpha value is -2.22.